The van der Waals surface area contributed by atoms with E-state index in [1.807, 2.05) is 66.4 Å². The molecule has 3 aromatic carbocycles. The van der Waals surface area contributed by atoms with Crippen LogP contribution in [-0.4, -0.2) is 33.6 Å². The molecule has 1 aliphatic heterocycles. The molecule has 1 saturated heterocycles. The zero-order valence-corrected chi connectivity index (χ0v) is 20.0. The van der Waals surface area contributed by atoms with Crippen LogP contribution in [0, 0.1) is 6.92 Å². The van der Waals surface area contributed by atoms with Crippen LogP contribution in [0.4, 0.5) is 0 Å². The third kappa shape index (κ3) is 5.17. The number of ether oxygens (including phenoxy) is 1. The number of nitrogens with one attached hydrogen (secondary N) is 1. The third-order valence-corrected chi connectivity index (χ3v) is 6.39. The van der Waals surface area contributed by atoms with Crippen molar-refractivity contribution in [3.63, 3.8) is 0 Å². The van der Waals surface area contributed by atoms with E-state index in [2.05, 4.69) is 17.1 Å². The normalized spacial score (nSPS) is 13.2. The van der Waals surface area contributed by atoms with Gasteiger partial charge in [0.15, 0.2) is 0 Å². The number of carbonyl (C=O) groups excluding carboxylic acids is 1. The van der Waals surface area contributed by atoms with Gasteiger partial charge in [-0.05, 0) is 77.9 Å². The van der Waals surface area contributed by atoms with Gasteiger partial charge in [-0.25, -0.2) is 14.6 Å². The number of carbonyl (C=O) groups is 1. The van der Waals surface area contributed by atoms with Crippen molar-refractivity contribution in [3.05, 3.63) is 110 Å². The lowest BCUT2D eigenvalue weighted by Crippen LogP contribution is -2.27. The Hall–Kier alpha value is -4.33. The summed E-state index contributed by atoms with van der Waals surface area (Å²) < 4.78 is 11.7. The maximum absolute atomic E-state index is 12.7. The number of amides is 1. The second-order valence-electron chi connectivity index (χ2n) is 9.01. The molecule has 1 aliphatic rings. The molecule has 184 valence electrons. The Morgan fingerprint density at radius 2 is 1.75 bits per heavy atom. The van der Waals surface area contributed by atoms with Crippen molar-refractivity contribution >= 4 is 5.91 Å². The molecule has 1 N–H and O–H groups in total. The standard InChI is InChI=1S/C28H27N3O5/c1-19-15-23(26(32)30-13-2-3-14-30)9-12-25(19)22-6-4-5-21(16-22)18-35-24-10-7-20(8-11-24)17-31-27(33)29-28(34)36-31/h4-12,15-16H,2-3,13-14,17-18H2,1H3,(H,29,33,34). The van der Waals surface area contributed by atoms with E-state index < -0.39 is 11.4 Å². The minimum Gasteiger partial charge on any atom is -0.489 e. The summed E-state index contributed by atoms with van der Waals surface area (Å²) in [4.78, 5) is 39.4. The van der Waals surface area contributed by atoms with Crippen LogP contribution in [0.15, 0.2) is 80.8 Å². The summed E-state index contributed by atoms with van der Waals surface area (Å²) in [6.07, 6.45) is 2.16. The van der Waals surface area contributed by atoms with Gasteiger partial charge in [-0.1, -0.05) is 36.4 Å². The summed E-state index contributed by atoms with van der Waals surface area (Å²) in [5, 5.41) is 0. The summed E-state index contributed by atoms with van der Waals surface area (Å²) in [5.41, 5.74) is 5.21. The fourth-order valence-electron chi connectivity index (χ4n) is 4.49. The minimum absolute atomic E-state index is 0.111. The van der Waals surface area contributed by atoms with Gasteiger partial charge in [0.2, 0.25) is 0 Å². The predicted octanol–water partition coefficient (Wildman–Crippen LogP) is 3.97. The summed E-state index contributed by atoms with van der Waals surface area (Å²) >= 11 is 0. The lowest BCUT2D eigenvalue weighted by atomic mass is 9.97. The predicted molar refractivity (Wildman–Crippen MR) is 135 cm³/mol. The topological polar surface area (TPSA) is 97.5 Å². The Kier molecular flexibility index (Phi) is 6.58. The number of hydrogen-bond donors (Lipinski definition) is 1. The molecular weight excluding hydrogens is 458 g/mol. The van der Waals surface area contributed by atoms with Gasteiger partial charge in [-0.3, -0.25) is 4.79 Å². The minimum atomic E-state index is -0.774. The lowest BCUT2D eigenvalue weighted by Gasteiger charge is -2.16. The molecule has 0 aliphatic carbocycles. The highest BCUT2D eigenvalue weighted by molar-refractivity contribution is 5.95. The van der Waals surface area contributed by atoms with Crippen LogP contribution < -0.4 is 16.2 Å². The number of aromatic amines is 1. The zero-order valence-electron chi connectivity index (χ0n) is 20.0. The van der Waals surface area contributed by atoms with E-state index >= 15 is 0 Å². The average molecular weight is 486 g/mol. The molecule has 8 nitrogen and oxygen atoms in total. The first kappa shape index (κ1) is 23.4. The van der Waals surface area contributed by atoms with Crippen LogP contribution in [-0.2, 0) is 13.2 Å². The van der Waals surface area contributed by atoms with E-state index in [0.29, 0.717) is 12.4 Å². The first-order valence-electron chi connectivity index (χ1n) is 12.0. The van der Waals surface area contributed by atoms with Crippen molar-refractivity contribution in [3.8, 4) is 16.9 Å². The van der Waals surface area contributed by atoms with Crippen molar-refractivity contribution in [2.75, 3.05) is 13.1 Å². The van der Waals surface area contributed by atoms with Crippen molar-refractivity contribution in [2.24, 2.45) is 0 Å². The SMILES string of the molecule is Cc1cc(C(=O)N2CCCC2)ccc1-c1cccc(COc2ccc(Cn3oc(=O)[nH]c3=O)cc2)c1. The molecule has 2 heterocycles. The summed E-state index contributed by atoms with van der Waals surface area (Å²) in [6.45, 7) is 4.27. The number of H-pyrrole nitrogens is 1. The van der Waals surface area contributed by atoms with Gasteiger partial charge in [0.05, 0.1) is 6.54 Å². The summed E-state index contributed by atoms with van der Waals surface area (Å²) in [5.74, 6) is 0.0249. The Labute approximate surface area is 207 Å². The molecule has 1 fully saturated rings. The number of likely N-dealkylation sites (tertiary alicyclic amines) is 1. The van der Waals surface area contributed by atoms with Gasteiger partial charge >= 0.3 is 11.4 Å². The van der Waals surface area contributed by atoms with Crippen LogP contribution in [0.25, 0.3) is 11.1 Å². The maximum Gasteiger partial charge on any atom is 0.440 e. The summed E-state index contributed by atoms with van der Waals surface area (Å²) in [6, 6.07) is 21.4. The smallest absolute Gasteiger partial charge is 0.440 e. The van der Waals surface area contributed by atoms with Gasteiger partial charge in [0, 0.05) is 18.7 Å². The van der Waals surface area contributed by atoms with E-state index in [1.165, 1.54) is 0 Å². The molecule has 4 aromatic rings. The highest BCUT2D eigenvalue weighted by Gasteiger charge is 2.20. The number of benzene rings is 3. The van der Waals surface area contributed by atoms with E-state index in [-0.39, 0.29) is 12.5 Å². The van der Waals surface area contributed by atoms with E-state index in [9.17, 15) is 14.4 Å². The molecule has 0 atom stereocenters. The van der Waals surface area contributed by atoms with Crippen LogP contribution in [0.3, 0.4) is 0 Å². The Morgan fingerprint density at radius 3 is 2.44 bits per heavy atom. The molecule has 8 heteroatoms. The van der Waals surface area contributed by atoms with Crippen LogP contribution in [0.1, 0.15) is 39.9 Å². The van der Waals surface area contributed by atoms with Crippen LogP contribution >= 0.6 is 0 Å². The van der Waals surface area contributed by atoms with Crippen LogP contribution in [0.2, 0.25) is 0 Å². The third-order valence-electron chi connectivity index (χ3n) is 6.39. The molecule has 0 radical (unpaired) electrons. The molecule has 0 saturated carbocycles. The van der Waals surface area contributed by atoms with Gasteiger partial charge in [0.25, 0.3) is 5.91 Å². The maximum atomic E-state index is 12.7. The fraction of sp³-hybridized carbons (Fsp3) is 0.250. The molecule has 0 unspecified atom stereocenters. The highest BCUT2D eigenvalue weighted by Crippen LogP contribution is 2.27. The van der Waals surface area contributed by atoms with Crippen LogP contribution in [0.5, 0.6) is 5.75 Å². The molecule has 5 rings (SSSR count). The Bertz CT molecular complexity index is 1490. The molecule has 1 amide bonds. The number of nitrogens with zero attached hydrogens (tertiary/aromatic N) is 2. The molecular formula is C28H27N3O5. The van der Waals surface area contributed by atoms with E-state index in [0.717, 1.165) is 64.1 Å². The number of aromatic nitrogens is 2. The van der Waals surface area contributed by atoms with E-state index in [4.69, 9.17) is 9.26 Å². The Morgan fingerprint density at radius 1 is 0.972 bits per heavy atom. The fourth-order valence-corrected chi connectivity index (χ4v) is 4.49. The van der Waals surface area contributed by atoms with Crippen molar-refractivity contribution in [2.45, 2.75) is 32.9 Å². The number of rotatable bonds is 7. The van der Waals surface area contributed by atoms with Crippen molar-refractivity contribution in [1.82, 2.24) is 14.6 Å². The number of hydrogen-bond acceptors (Lipinski definition) is 5. The van der Waals surface area contributed by atoms with Gasteiger partial charge < -0.3 is 14.2 Å². The second-order valence-corrected chi connectivity index (χ2v) is 9.01. The van der Waals surface area contributed by atoms with Gasteiger partial charge in [0.1, 0.15) is 12.4 Å². The number of aryl methyl sites for hydroxylation is 1. The zero-order chi connectivity index (χ0) is 25.1. The monoisotopic (exact) mass is 485 g/mol. The first-order valence-corrected chi connectivity index (χ1v) is 12.0. The Balaban J connectivity index is 1.24. The van der Waals surface area contributed by atoms with Gasteiger partial charge in [-0.2, -0.15) is 0 Å². The second kappa shape index (κ2) is 10.1. The van der Waals surface area contributed by atoms with E-state index in [1.54, 1.807) is 0 Å². The first-order chi connectivity index (χ1) is 17.5. The molecule has 0 spiro atoms. The lowest BCUT2D eigenvalue weighted by molar-refractivity contribution is 0.0792. The highest BCUT2D eigenvalue weighted by atomic mass is 16.5. The molecule has 1 aromatic heterocycles. The van der Waals surface area contributed by atoms with Crippen molar-refractivity contribution in [1.29, 1.82) is 0 Å². The van der Waals surface area contributed by atoms with Crippen molar-refractivity contribution < 1.29 is 14.1 Å². The molecule has 36 heavy (non-hydrogen) atoms. The summed E-state index contributed by atoms with van der Waals surface area (Å²) in [7, 11) is 0. The molecule has 0 bridgehead atoms. The van der Waals surface area contributed by atoms with Gasteiger partial charge in [-0.15, -0.1) is 4.74 Å². The average Bonchev–Trinajstić information content (AvgIpc) is 3.53. The quantitative estimate of drug-likeness (QED) is 0.427. The largest absolute Gasteiger partial charge is 0.489 e.